The van der Waals surface area contributed by atoms with Gasteiger partial charge in [0, 0.05) is 6.54 Å². The molecule has 0 fully saturated rings. The molecule has 2 aromatic rings. The van der Waals surface area contributed by atoms with Crippen molar-refractivity contribution in [2.75, 3.05) is 6.54 Å². The first-order valence-electron chi connectivity index (χ1n) is 10.7. The van der Waals surface area contributed by atoms with Crippen molar-refractivity contribution in [3.63, 3.8) is 0 Å². The molecule has 0 saturated heterocycles. The van der Waals surface area contributed by atoms with E-state index in [0.29, 0.717) is 0 Å². The second-order valence-corrected chi connectivity index (χ2v) is 8.90. The number of esters is 2. The Morgan fingerprint density at radius 3 is 1.91 bits per heavy atom. The highest BCUT2D eigenvalue weighted by Gasteiger charge is 2.54. The Labute approximate surface area is 193 Å². The van der Waals surface area contributed by atoms with Gasteiger partial charge in [-0.25, -0.2) is 14.4 Å². The molecule has 33 heavy (non-hydrogen) atoms. The van der Waals surface area contributed by atoms with Crippen molar-refractivity contribution in [2.45, 2.75) is 52.0 Å². The summed E-state index contributed by atoms with van der Waals surface area (Å²) in [5.41, 5.74) is -0.821. The molecule has 0 aromatic heterocycles. The zero-order chi connectivity index (χ0) is 24.1. The third-order valence-electron chi connectivity index (χ3n) is 5.20. The van der Waals surface area contributed by atoms with Crippen molar-refractivity contribution in [1.82, 2.24) is 4.90 Å². The van der Waals surface area contributed by atoms with Gasteiger partial charge in [0.2, 0.25) is 0 Å². The molecule has 0 bridgehead atoms. The normalized spacial score (nSPS) is 17.8. The van der Waals surface area contributed by atoms with Crippen molar-refractivity contribution in [2.24, 2.45) is 0 Å². The number of hydrogen-bond donors (Lipinski definition) is 0. The average molecular weight is 452 g/mol. The van der Waals surface area contributed by atoms with Crippen molar-refractivity contribution < 1.29 is 28.6 Å². The van der Waals surface area contributed by atoms with E-state index in [0.717, 1.165) is 11.1 Å². The van der Waals surface area contributed by atoms with Gasteiger partial charge in [0.05, 0.1) is 5.57 Å². The summed E-state index contributed by atoms with van der Waals surface area (Å²) in [4.78, 5) is 40.4. The molecule has 3 rings (SSSR count). The topological polar surface area (TPSA) is 82.1 Å². The molecular formula is C26H29NO6. The van der Waals surface area contributed by atoms with Gasteiger partial charge >= 0.3 is 18.0 Å². The third kappa shape index (κ3) is 5.80. The maximum Gasteiger partial charge on any atom is 0.411 e. The number of ether oxygens (including phenoxy) is 3. The zero-order valence-corrected chi connectivity index (χ0v) is 19.4. The van der Waals surface area contributed by atoms with E-state index in [1.807, 2.05) is 60.7 Å². The van der Waals surface area contributed by atoms with Crippen molar-refractivity contribution >= 4 is 18.0 Å². The first kappa shape index (κ1) is 24.0. The number of amides is 1. The number of nitrogens with zero attached hydrogens (tertiary/aromatic N) is 1. The van der Waals surface area contributed by atoms with Gasteiger partial charge < -0.3 is 14.2 Å². The molecule has 1 atom stereocenters. The molecule has 1 aliphatic rings. The Hall–Kier alpha value is -3.61. The summed E-state index contributed by atoms with van der Waals surface area (Å²) < 4.78 is 16.5. The van der Waals surface area contributed by atoms with E-state index in [1.54, 1.807) is 20.8 Å². The van der Waals surface area contributed by atoms with Crippen LogP contribution in [0.5, 0.6) is 0 Å². The molecule has 0 aliphatic carbocycles. The maximum atomic E-state index is 13.3. The van der Waals surface area contributed by atoms with E-state index >= 15 is 0 Å². The summed E-state index contributed by atoms with van der Waals surface area (Å²) in [5.74, 6) is -1.42. The Balaban J connectivity index is 1.81. The minimum absolute atomic E-state index is 0.00373. The monoisotopic (exact) mass is 451 g/mol. The molecular weight excluding hydrogens is 422 g/mol. The van der Waals surface area contributed by atoms with E-state index in [4.69, 9.17) is 14.2 Å². The van der Waals surface area contributed by atoms with Crippen LogP contribution in [0.15, 0.2) is 72.3 Å². The van der Waals surface area contributed by atoms with Gasteiger partial charge in [0.15, 0.2) is 5.54 Å². The lowest BCUT2D eigenvalue weighted by molar-refractivity contribution is -0.160. The molecule has 1 aliphatic heterocycles. The standard InChI is InChI=1S/C26H29NO6/c1-25(2,3)33-22(28)21-15-16-27(24(30)32-18-20-13-9-6-10-14-20)26(21,4)23(29)31-17-19-11-7-5-8-12-19/h5-15H,16-18H2,1-4H3. The molecule has 0 N–H and O–H groups in total. The molecule has 1 unspecified atom stereocenters. The zero-order valence-electron chi connectivity index (χ0n) is 19.4. The summed E-state index contributed by atoms with van der Waals surface area (Å²) >= 11 is 0. The number of benzene rings is 2. The Bertz CT molecular complexity index is 1030. The van der Waals surface area contributed by atoms with E-state index in [-0.39, 0.29) is 25.3 Å². The minimum atomic E-state index is -1.69. The highest BCUT2D eigenvalue weighted by molar-refractivity contribution is 6.03. The van der Waals surface area contributed by atoms with Crippen LogP contribution < -0.4 is 0 Å². The fourth-order valence-corrected chi connectivity index (χ4v) is 3.46. The van der Waals surface area contributed by atoms with E-state index < -0.39 is 29.2 Å². The van der Waals surface area contributed by atoms with Gasteiger partial charge in [-0.3, -0.25) is 4.90 Å². The van der Waals surface area contributed by atoms with Crippen LogP contribution in [-0.2, 0) is 37.0 Å². The summed E-state index contributed by atoms with van der Waals surface area (Å²) in [6.07, 6.45) is 0.787. The Morgan fingerprint density at radius 1 is 0.879 bits per heavy atom. The fraction of sp³-hybridized carbons (Fsp3) is 0.346. The van der Waals surface area contributed by atoms with Crippen molar-refractivity contribution in [3.05, 3.63) is 83.4 Å². The van der Waals surface area contributed by atoms with E-state index in [1.165, 1.54) is 17.9 Å². The van der Waals surface area contributed by atoms with Crippen LogP contribution in [0.2, 0.25) is 0 Å². The number of carbonyl (C=O) groups excluding carboxylic acids is 3. The maximum absolute atomic E-state index is 13.3. The molecule has 1 heterocycles. The summed E-state index contributed by atoms with van der Waals surface area (Å²) in [5, 5.41) is 0. The first-order valence-corrected chi connectivity index (χ1v) is 10.7. The Morgan fingerprint density at radius 2 is 1.39 bits per heavy atom. The minimum Gasteiger partial charge on any atom is -0.459 e. The van der Waals surface area contributed by atoms with Crippen LogP contribution in [0.25, 0.3) is 0 Å². The van der Waals surface area contributed by atoms with Gasteiger partial charge in [-0.15, -0.1) is 0 Å². The van der Waals surface area contributed by atoms with Crippen molar-refractivity contribution in [3.8, 4) is 0 Å². The van der Waals surface area contributed by atoms with Gasteiger partial charge in [0.1, 0.15) is 18.8 Å². The smallest absolute Gasteiger partial charge is 0.411 e. The summed E-state index contributed by atoms with van der Waals surface area (Å²) in [6, 6.07) is 18.4. The summed E-state index contributed by atoms with van der Waals surface area (Å²) in [7, 11) is 0. The predicted octanol–water partition coefficient (Wildman–Crippen LogP) is 4.41. The van der Waals surface area contributed by atoms with Crippen LogP contribution in [0.4, 0.5) is 4.79 Å². The van der Waals surface area contributed by atoms with Crippen LogP contribution in [0, 0.1) is 0 Å². The highest BCUT2D eigenvalue weighted by Crippen LogP contribution is 2.34. The quantitative estimate of drug-likeness (QED) is 0.478. The van der Waals surface area contributed by atoms with Gasteiger partial charge in [-0.05, 0) is 38.8 Å². The second kappa shape index (κ2) is 9.90. The van der Waals surface area contributed by atoms with Crippen LogP contribution >= 0.6 is 0 Å². The van der Waals surface area contributed by atoms with E-state index in [9.17, 15) is 14.4 Å². The summed E-state index contributed by atoms with van der Waals surface area (Å²) in [6.45, 7) is 6.73. The molecule has 1 amide bonds. The van der Waals surface area contributed by atoms with Gasteiger partial charge in [0.25, 0.3) is 0 Å². The lowest BCUT2D eigenvalue weighted by Gasteiger charge is -2.34. The van der Waals surface area contributed by atoms with E-state index in [2.05, 4.69) is 0 Å². The van der Waals surface area contributed by atoms with Gasteiger partial charge in [-0.2, -0.15) is 0 Å². The van der Waals surface area contributed by atoms with Crippen LogP contribution in [0.3, 0.4) is 0 Å². The third-order valence-corrected chi connectivity index (χ3v) is 5.20. The molecule has 2 aromatic carbocycles. The average Bonchev–Trinajstić information content (AvgIpc) is 3.14. The SMILES string of the molecule is CC(C)(C)OC(=O)C1=CCN(C(=O)OCc2ccccc2)C1(C)C(=O)OCc1ccccc1. The Kier molecular flexibility index (Phi) is 7.21. The fourth-order valence-electron chi connectivity index (χ4n) is 3.46. The highest BCUT2D eigenvalue weighted by atomic mass is 16.6. The lowest BCUT2D eigenvalue weighted by atomic mass is 9.92. The molecule has 0 saturated carbocycles. The number of carbonyl (C=O) groups is 3. The predicted molar refractivity (Wildman–Crippen MR) is 122 cm³/mol. The first-order chi connectivity index (χ1) is 15.6. The molecule has 174 valence electrons. The van der Waals surface area contributed by atoms with Crippen LogP contribution in [-0.4, -0.2) is 40.6 Å². The molecule has 0 spiro atoms. The van der Waals surface area contributed by atoms with Crippen LogP contribution in [0.1, 0.15) is 38.8 Å². The molecule has 7 nitrogen and oxygen atoms in total. The lowest BCUT2D eigenvalue weighted by Crippen LogP contribution is -2.55. The largest absolute Gasteiger partial charge is 0.459 e. The molecule has 7 heteroatoms. The number of rotatable bonds is 6. The molecule has 0 radical (unpaired) electrons. The van der Waals surface area contributed by atoms with Crippen molar-refractivity contribution in [1.29, 1.82) is 0 Å². The van der Waals surface area contributed by atoms with Gasteiger partial charge in [-0.1, -0.05) is 66.7 Å². The second-order valence-electron chi connectivity index (χ2n) is 8.90. The number of hydrogen-bond acceptors (Lipinski definition) is 6.